The summed E-state index contributed by atoms with van der Waals surface area (Å²) in [5.74, 6) is 1.72. The molecule has 0 unspecified atom stereocenters. The van der Waals surface area contributed by atoms with E-state index in [1.165, 1.54) is 0 Å². The van der Waals surface area contributed by atoms with Crippen molar-refractivity contribution >= 4 is 17.6 Å². The van der Waals surface area contributed by atoms with Crippen molar-refractivity contribution in [2.24, 2.45) is 0 Å². The number of H-pyrrole nitrogens is 1. The lowest BCUT2D eigenvalue weighted by molar-refractivity contribution is 0.949. The number of thioether (sulfide) groups is 1. The smallest absolute Gasteiger partial charge is 0.256 e. The first kappa shape index (κ1) is 12.1. The van der Waals surface area contributed by atoms with Crippen LogP contribution >= 0.6 is 11.8 Å². The summed E-state index contributed by atoms with van der Waals surface area (Å²) in [6.07, 6.45) is 0.617. The van der Waals surface area contributed by atoms with Gasteiger partial charge in [-0.1, -0.05) is 20.8 Å². The van der Waals surface area contributed by atoms with Crippen molar-refractivity contribution in [2.75, 3.05) is 5.73 Å². The molecule has 1 heterocycles. The number of nitrogens with two attached hydrogens (primary N) is 1. The minimum absolute atomic E-state index is 0.107. The van der Waals surface area contributed by atoms with E-state index in [4.69, 9.17) is 5.73 Å². The van der Waals surface area contributed by atoms with Gasteiger partial charge < -0.3 is 10.7 Å². The second-order valence-corrected chi connectivity index (χ2v) is 5.15. The van der Waals surface area contributed by atoms with Gasteiger partial charge in [0.1, 0.15) is 11.6 Å². The highest BCUT2D eigenvalue weighted by Crippen LogP contribution is 2.14. The highest BCUT2D eigenvalue weighted by molar-refractivity contribution is 7.99. The number of nitrogen functional groups attached to an aromatic ring is 1. The van der Waals surface area contributed by atoms with Crippen molar-refractivity contribution in [1.29, 1.82) is 0 Å². The van der Waals surface area contributed by atoms with Crippen LogP contribution in [0.5, 0.6) is 0 Å². The van der Waals surface area contributed by atoms with Crippen LogP contribution in [-0.2, 0) is 12.2 Å². The monoisotopic (exact) mass is 227 g/mol. The molecule has 0 aliphatic rings. The van der Waals surface area contributed by atoms with Crippen LogP contribution in [0.25, 0.3) is 0 Å². The molecule has 0 saturated carbocycles. The van der Waals surface area contributed by atoms with Crippen molar-refractivity contribution in [3.8, 4) is 0 Å². The predicted molar refractivity (Wildman–Crippen MR) is 65.1 cm³/mol. The molecule has 0 aromatic carbocycles. The molecular formula is C10H17N3OS. The van der Waals surface area contributed by atoms with Crippen molar-refractivity contribution in [1.82, 2.24) is 9.97 Å². The van der Waals surface area contributed by atoms with Crippen LogP contribution in [0.4, 0.5) is 5.82 Å². The maximum absolute atomic E-state index is 11.6. The third kappa shape index (κ3) is 3.27. The highest BCUT2D eigenvalue weighted by atomic mass is 32.2. The summed E-state index contributed by atoms with van der Waals surface area (Å²) in [6.45, 7) is 6.10. The van der Waals surface area contributed by atoms with Crippen LogP contribution in [0.15, 0.2) is 4.79 Å². The SMILES string of the molecule is CCc1c(N)nc(CSC(C)C)[nH]c1=O. The quantitative estimate of drug-likeness (QED) is 0.818. The van der Waals surface area contributed by atoms with E-state index < -0.39 is 0 Å². The van der Waals surface area contributed by atoms with Crippen LogP contribution < -0.4 is 11.3 Å². The van der Waals surface area contributed by atoms with E-state index in [9.17, 15) is 4.79 Å². The molecule has 0 aliphatic heterocycles. The number of nitrogens with one attached hydrogen (secondary N) is 1. The van der Waals surface area contributed by atoms with E-state index in [0.717, 1.165) is 0 Å². The summed E-state index contributed by atoms with van der Waals surface area (Å²) in [4.78, 5) is 18.5. The van der Waals surface area contributed by atoms with Crippen molar-refractivity contribution in [3.05, 3.63) is 21.7 Å². The van der Waals surface area contributed by atoms with Gasteiger partial charge in [-0.3, -0.25) is 4.79 Å². The molecule has 0 spiro atoms. The van der Waals surface area contributed by atoms with Crippen LogP contribution in [-0.4, -0.2) is 15.2 Å². The number of hydrogen-bond donors (Lipinski definition) is 2. The van der Waals surface area contributed by atoms with Gasteiger partial charge in [-0.15, -0.1) is 0 Å². The minimum Gasteiger partial charge on any atom is -0.383 e. The van der Waals surface area contributed by atoms with Gasteiger partial charge in [0.15, 0.2) is 0 Å². The fourth-order valence-corrected chi connectivity index (χ4v) is 1.85. The van der Waals surface area contributed by atoms with Crippen LogP contribution in [0.3, 0.4) is 0 Å². The Morgan fingerprint density at radius 2 is 2.20 bits per heavy atom. The standard InChI is InChI=1S/C10H17N3OS/c1-4-7-9(11)12-8(13-10(7)14)5-15-6(2)3/h6H,4-5H2,1-3H3,(H3,11,12,13,14). The van der Waals surface area contributed by atoms with Gasteiger partial charge >= 0.3 is 0 Å². The lowest BCUT2D eigenvalue weighted by Crippen LogP contribution is -2.19. The topological polar surface area (TPSA) is 71.8 Å². The van der Waals surface area contributed by atoms with E-state index in [1.54, 1.807) is 11.8 Å². The number of anilines is 1. The lowest BCUT2D eigenvalue weighted by atomic mass is 10.2. The zero-order valence-electron chi connectivity index (χ0n) is 9.33. The summed E-state index contributed by atoms with van der Waals surface area (Å²) < 4.78 is 0. The highest BCUT2D eigenvalue weighted by Gasteiger charge is 2.07. The van der Waals surface area contributed by atoms with Crippen molar-refractivity contribution < 1.29 is 0 Å². The van der Waals surface area contributed by atoms with Crippen molar-refractivity contribution in [2.45, 2.75) is 38.2 Å². The first-order valence-electron chi connectivity index (χ1n) is 5.03. The maximum atomic E-state index is 11.6. The van der Waals surface area contributed by atoms with E-state index in [2.05, 4.69) is 23.8 Å². The Balaban J connectivity index is 2.89. The molecule has 5 heteroatoms. The van der Waals surface area contributed by atoms with Crippen molar-refractivity contribution in [3.63, 3.8) is 0 Å². The van der Waals surface area contributed by atoms with Gasteiger partial charge in [0.25, 0.3) is 5.56 Å². The second kappa shape index (κ2) is 5.21. The van der Waals surface area contributed by atoms with Gasteiger partial charge in [0, 0.05) is 0 Å². The van der Waals surface area contributed by atoms with Crippen LogP contribution in [0, 0.1) is 0 Å². The van der Waals surface area contributed by atoms with Gasteiger partial charge in [-0.05, 0) is 11.7 Å². The summed E-state index contributed by atoms with van der Waals surface area (Å²) in [5, 5.41) is 0.516. The number of nitrogens with zero attached hydrogens (tertiary/aromatic N) is 1. The molecule has 1 aromatic rings. The molecular weight excluding hydrogens is 210 g/mol. The number of hydrogen-bond acceptors (Lipinski definition) is 4. The average Bonchev–Trinajstić information content (AvgIpc) is 2.14. The van der Waals surface area contributed by atoms with E-state index in [1.807, 2.05) is 6.92 Å². The molecule has 0 bridgehead atoms. The Hall–Kier alpha value is -0.970. The first-order chi connectivity index (χ1) is 7.04. The van der Waals surface area contributed by atoms with Gasteiger partial charge in [-0.2, -0.15) is 11.8 Å². The largest absolute Gasteiger partial charge is 0.383 e. The molecule has 84 valence electrons. The Morgan fingerprint density at radius 3 is 2.67 bits per heavy atom. The predicted octanol–water partition coefficient (Wildman–Crippen LogP) is 1.56. The van der Waals surface area contributed by atoms with E-state index >= 15 is 0 Å². The van der Waals surface area contributed by atoms with E-state index in [-0.39, 0.29) is 5.56 Å². The van der Waals surface area contributed by atoms with Crippen LogP contribution in [0.1, 0.15) is 32.2 Å². The zero-order valence-corrected chi connectivity index (χ0v) is 10.1. The molecule has 1 aromatic heterocycles. The van der Waals surface area contributed by atoms with Gasteiger partial charge in [-0.25, -0.2) is 4.98 Å². The Morgan fingerprint density at radius 1 is 1.53 bits per heavy atom. The molecule has 0 radical (unpaired) electrons. The summed E-state index contributed by atoms with van der Waals surface area (Å²) in [7, 11) is 0. The molecule has 1 rings (SSSR count). The van der Waals surface area contributed by atoms with Gasteiger partial charge in [0.05, 0.1) is 11.3 Å². The Bertz CT molecular complexity index is 387. The zero-order chi connectivity index (χ0) is 11.4. The van der Waals surface area contributed by atoms with Gasteiger partial charge in [0.2, 0.25) is 0 Å². The summed E-state index contributed by atoms with van der Waals surface area (Å²) in [6, 6.07) is 0. The summed E-state index contributed by atoms with van der Waals surface area (Å²) >= 11 is 1.73. The molecule has 0 fully saturated rings. The third-order valence-electron chi connectivity index (χ3n) is 2.00. The molecule has 3 N–H and O–H groups in total. The molecule has 0 saturated heterocycles. The first-order valence-corrected chi connectivity index (χ1v) is 6.08. The van der Waals surface area contributed by atoms with E-state index in [0.29, 0.717) is 34.6 Å². The average molecular weight is 227 g/mol. The fourth-order valence-electron chi connectivity index (χ4n) is 1.22. The number of aromatic nitrogens is 2. The molecule has 15 heavy (non-hydrogen) atoms. The summed E-state index contributed by atoms with van der Waals surface area (Å²) in [5.41, 5.74) is 6.17. The lowest BCUT2D eigenvalue weighted by Gasteiger charge is -2.06. The molecule has 0 aliphatic carbocycles. The number of aromatic amines is 1. The fraction of sp³-hybridized carbons (Fsp3) is 0.600. The Kier molecular flexibility index (Phi) is 4.20. The minimum atomic E-state index is -0.107. The maximum Gasteiger partial charge on any atom is 0.256 e. The number of rotatable bonds is 4. The Labute approximate surface area is 93.7 Å². The normalized spacial score (nSPS) is 10.9. The molecule has 0 amide bonds. The third-order valence-corrected chi connectivity index (χ3v) is 3.11. The molecule has 0 atom stereocenters. The second-order valence-electron chi connectivity index (χ2n) is 3.59. The van der Waals surface area contributed by atoms with Crippen LogP contribution in [0.2, 0.25) is 0 Å². The molecule has 4 nitrogen and oxygen atoms in total.